The third-order valence-electron chi connectivity index (χ3n) is 7.35. The number of para-hydroxylation sites is 1. The predicted molar refractivity (Wildman–Crippen MR) is 143 cm³/mol. The van der Waals surface area contributed by atoms with Gasteiger partial charge in [0.25, 0.3) is 0 Å². The van der Waals surface area contributed by atoms with Crippen molar-refractivity contribution in [3.63, 3.8) is 0 Å². The second kappa shape index (κ2) is 9.13. The number of hydrogen-bond acceptors (Lipinski definition) is 8. The average molecular weight is 491 g/mol. The Morgan fingerprint density at radius 3 is 2.31 bits per heavy atom. The van der Waals surface area contributed by atoms with E-state index in [1.165, 1.54) is 22.0 Å². The number of rotatable bonds is 3. The highest BCUT2D eigenvalue weighted by Crippen LogP contribution is 2.50. The van der Waals surface area contributed by atoms with Crippen molar-refractivity contribution < 1.29 is 4.74 Å². The molecule has 0 unspecified atom stereocenters. The van der Waals surface area contributed by atoms with Gasteiger partial charge in [-0.25, -0.2) is 15.0 Å². The summed E-state index contributed by atoms with van der Waals surface area (Å²) in [5, 5.41) is 0.998. The van der Waals surface area contributed by atoms with Gasteiger partial charge in [-0.05, 0) is 37.3 Å². The van der Waals surface area contributed by atoms with Crippen molar-refractivity contribution in [3.05, 3.63) is 46.6 Å². The predicted octanol–water partition coefficient (Wildman–Crippen LogP) is 4.65. The minimum Gasteiger partial charge on any atom is -0.378 e. The molecule has 2 fully saturated rings. The highest BCUT2D eigenvalue weighted by atomic mass is 32.2. The summed E-state index contributed by atoms with van der Waals surface area (Å²) < 4.78 is 5.53. The SMILES string of the molecule is Cc1nc(N2CCOCC2)nc2c1N=C1CC(C)(C)CC(N3CCN(c4ccccc4)CC3)=C1S2. The fraction of sp³-hybridized carbons (Fsp3) is 0.519. The zero-order valence-electron chi connectivity index (χ0n) is 21.0. The van der Waals surface area contributed by atoms with Crippen molar-refractivity contribution in [1.82, 2.24) is 14.9 Å². The molecule has 0 saturated carbocycles. The quantitative estimate of drug-likeness (QED) is 0.580. The molecule has 2 aromatic rings. The van der Waals surface area contributed by atoms with Crippen LogP contribution in [0, 0.1) is 12.3 Å². The Morgan fingerprint density at radius 2 is 1.57 bits per heavy atom. The topological polar surface area (TPSA) is 57.1 Å². The Labute approximate surface area is 212 Å². The Bertz CT molecular complexity index is 1160. The van der Waals surface area contributed by atoms with Gasteiger partial charge in [-0.3, -0.25) is 0 Å². The summed E-state index contributed by atoms with van der Waals surface area (Å²) in [6.45, 7) is 14.1. The largest absolute Gasteiger partial charge is 0.378 e. The van der Waals surface area contributed by atoms with Crippen molar-refractivity contribution >= 4 is 34.8 Å². The van der Waals surface area contributed by atoms with Gasteiger partial charge in [0, 0.05) is 50.7 Å². The molecule has 8 heteroatoms. The third kappa shape index (κ3) is 4.54. The highest BCUT2D eigenvalue weighted by molar-refractivity contribution is 8.04. The first kappa shape index (κ1) is 22.9. The standard InChI is InChI=1S/C27H34N6OS/c1-19-23-25(30-26(28-19)33-13-15-34-16-14-33)35-24-21(29-23)17-27(2,3)18-22(24)32-11-9-31(10-12-32)20-7-5-4-6-8-20/h4-8H,9-18H2,1-3H3. The lowest BCUT2D eigenvalue weighted by molar-refractivity contribution is 0.122. The van der Waals surface area contributed by atoms with Gasteiger partial charge < -0.3 is 19.4 Å². The fourth-order valence-electron chi connectivity index (χ4n) is 5.50. The second-order valence-corrected chi connectivity index (χ2v) is 11.6. The number of allylic oxidation sites excluding steroid dienone is 2. The number of hydrogen-bond donors (Lipinski definition) is 0. The van der Waals surface area contributed by atoms with Gasteiger partial charge in [-0.1, -0.05) is 43.8 Å². The maximum atomic E-state index is 5.53. The molecule has 0 radical (unpaired) electrons. The summed E-state index contributed by atoms with van der Waals surface area (Å²) >= 11 is 1.82. The minimum atomic E-state index is 0.189. The van der Waals surface area contributed by atoms with Crippen LogP contribution in [0.2, 0.25) is 0 Å². The van der Waals surface area contributed by atoms with Crippen LogP contribution in [0.1, 0.15) is 32.4 Å². The van der Waals surface area contributed by atoms with E-state index in [4.69, 9.17) is 19.7 Å². The van der Waals surface area contributed by atoms with Gasteiger partial charge in [0.1, 0.15) is 10.7 Å². The normalized spacial score (nSPS) is 22.0. The Kier molecular flexibility index (Phi) is 5.96. The summed E-state index contributed by atoms with van der Waals surface area (Å²) in [7, 11) is 0. The first-order valence-electron chi connectivity index (χ1n) is 12.7. The van der Waals surface area contributed by atoms with E-state index in [2.05, 4.69) is 65.8 Å². The van der Waals surface area contributed by atoms with Crippen LogP contribution in [0.5, 0.6) is 0 Å². The van der Waals surface area contributed by atoms with Gasteiger partial charge >= 0.3 is 0 Å². The molecule has 4 aliphatic rings. The van der Waals surface area contributed by atoms with E-state index in [9.17, 15) is 0 Å². The molecule has 1 aromatic heterocycles. The molecule has 0 bridgehead atoms. The first-order chi connectivity index (χ1) is 17.0. The van der Waals surface area contributed by atoms with Crippen LogP contribution in [-0.4, -0.2) is 73.1 Å². The number of aryl methyl sites for hydroxylation is 1. The Hall–Kier alpha value is -2.58. The molecule has 35 heavy (non-hydrogen) atoms. The molecule has 184 valence electrons. The molecular weight excluding hydrogens is 456 g/mol. The molecule has 4 heterocycles. The van der Waals surface area contributed by atoms with Crippen molar-refractivity contribution in [3.8, 4) is 0 Å². The maximum Gasteiger partial charge on any atom is 0.226 e. The van der Waals surface area contributed by atoms with Crippen LogP contribution in [0.25, 0.3) is 0 Å². The Morgan fingerprint density at radius 1 is 0.857 bits per heavy atom. The summed E-state index contributed by atoms with van der Waals surface area (Å²) in [5.74, 6) is 0.811. The first-order valence-corrected chi connectivity index (χ1v) is 13.5. The number of ether oxygens (including phenoxy) is 1. The van der Waals surface area contributed by atoms with Gasteiger partial charge in [0.2, 0.25) is 5.95 Å². The smallest absolute Gasteiger partial charge is 0.226 e. The number of thioether (sulfide) groups is 1. The number of anilines is 2. The minimum absolute atomic E-state index is 0.189. The van der Waals surface area contributed by atoms with Crippen molar-refractivity contribution in [2.24, 2.45) is 10.4 Å². The lowest BCUT2D eigenvalue weighted by Crippen LogP contribution is -2.47. The molecule has 0 amide bonds. The molecule has 1 aliphatic carbocycles. The molecule has 0 spiro atoms. The number of aliphatic imine (C=N–C) groups is 1. The van der Waals surface area contributed by atoms with Crippen LogP contribution in [0.3, 0.4) is 0 Å². The van der Waals surface area contributed by atoms with Crippen molar-refractivity contribution in [1.29, 1.82) is 0 Å². The summed E-state index contributed by atoms with van der Waals surface area (Å²) in [6.07, 6.45) is 2.07. The number of aromatic nitrogens is 2. The van der Waals surface area contributed by atoms with Crippen LogP contribution in [0.15, 0.2) is 51.0 Å². The lowest BCUT2D eigenvalue weighted by atomic mass is 9.77. The molecule has 1 aromatic carbocycles. The van der Waals surface area contributed by atoms with Crippen molar-refractivity contribution in [2.45, 2.75) is 38.6 Å². The zero-order chi connectivity index (χ0) is 24.0. The number of nitrogens with zero attached hydrogens (tertiary/aromatic N) is 6. The Balaban J connectivity index is 1.31. The monoisotopic (exact) mass is 490 g/mol. The van der Waals surface area contributed by atoms with E-state index in [0.29, 0.717) is 0 Å². The van der Waals surface area contributed by atoms with Gasteiger partial charge in [-0.15, -0.1) is 0 Å². The van der Waals surface area contributed by atoms with E-state index >= 15 is 0 Å². The third-order valence-corrected chi connectivity index (χ3v) is 8.51. The van der Waals surface area contributed by atoms with E-state index in [1.54, 1.807) is 0 Å². The van der Waals surface area contributed by atoms with Crippen molar-refractivity contribution in [2.75, 3.05) is 62.3 Å². The summed E-state index contributed by atoms with van der Waals surface area (Å²) in [5.41, 5.74) is 6.10. The summed E-state index contributed by atoms with van der Waals surface area (Å²) in [4.78, 5) is 23.7. The molecule has 0 atom stereocenters. The van der Waals surface area contributed by atoms with Crippen LogP contribution in [0.4, 0.5) is 17.3 Å². The average Bonchev–Trinajstić information content (AvgIpc) is 2.88. The molecule has 0 N–H and O–H groups in total. The van der Waals surface area contributed by atoms with Gasteiger partial charge in [0.15, 0.2) is 0 Å². The van der Waals surface area contributed by atoms with E-state index in [0.717, 1.165) is 87.7 Å². The molecule has 7 nitrogen and oxygen atoms in total. The van der Waals surface area contributed by atoms with Crippen LogP contribution >= 0.6 is 11.8 Å². The number of benzene rings is 1. The molecular formula is C27H34N6OS. The molecule has 6 rings (SSSR count). The van der Waals surface area contributed by atoms with Crippen LogP contribution in [-0.2, 0) is 4.74 Å². The van der Waals surface area contributed by atoms with Gasteiger partial charge in [0.05, 0.1) is 29.5 Å². The van der Waals surface area contributed by atoms with E-state index < -0.39 is 0 Å². The van der Waals surface area contributed by atoms with E-state index in [1.807, 2.05) is 11.8 Å². The lowest BCUT2D eigenvalue weighted by Gasteiger charge is -2.44. The number of morpholine rings is 1. The van der Waals surface area contributed by atoms with Gasteiger partial charge in [-0.2, -0.15) is 0 Å². The van der Waals surface area contributed by atoms with Crippen LogP contribution < -0.4 is 9.80 Å². The highest BCUT2D eigenvalue weighted by Gasteiger charge is 2.38. The number of piperazine rings is 1. The number of fused-ring (bicyclic) bond motifs is 2. The molecule has 3 aliphatic heterocycles. The maximum absolute atomic E-state index is 5.53. The van der Waals surface area contributed by atoms with E-state index in [-0.39, 0.29) is 5.41 Å². The molecule has 2 saturated heterocycles. The second-order valence-electron chi connectivity index (χ2n) is 10.6. The zero-order valence-corrected chi connectivity index (χ0v) is 21.8. The fourth-order valence-corrected chi connectivity index (χ4v) is 6.66. The summed E-state index contributed by atoms with van der Waals surface area (Å²) in [6, 6.07) is 10.8.